The summed E-state index contributed by atoms with van der Waals surface area (Å²) in [6.45, 7) is 15.8. The van der Waals surface area contributed by atoms with Gasteiger partial charge in [-0.2, -0.15) is 0 Å². The minimum atomic E-state index is 0.771. The largest absolute Gasteiger partial charge is 0.379 e. The van der Waals surface area contributed by atoms with E-state index < -0.39 is 0 Å². The van der Waals surface area contributed by atoms with Crippen LogP contribution < -0.4 is 0 Å². The molecule has 0 fully saturated rings. The van der Waals surface area contributed by atoms with Gasteiger partial charge in [0.2, 0.25) is 0 Å². The van der Waals surface area contributed by atoms with E-state index in [0.29, 0.717) is 0 Å². The van der Waals surface area contributed by atoms with Crippen molar-refractivity contribution < 1.29 is 18.9 Å². The van der Waals surface area contributed by atoms with Gasteiger partial charge in [-0.25, -0.2) is 0 Å². The highest BCUT2D eigenvalue weighted by atomic mass is 16.5. The van der Waals surface area contributed by atoms with Gasteiger partial charge in [0, 0.05) is 26.4 Å². The Morgan fingerprint density at radius 3 is 0.460 bits per heavy atom. The van der Waals surface area contributed by atoms with Crippen molar-refractivity contribution in [2.24, 2.45) is 0 Å². The fourth-order valence-electron chi connectivity index (χ4n) is 6.35. The van der Waals surface area contributed by atoms with E-state index in [0.717, 1.165) is 52.9 Å². The van der Waals surface area contributed by atoms with Crippen LogP contribution in [0.2, 0.25) is 0 Å². The lowest BCUT2D eigenvalue weighted by molar-refractivity contribution is 0.0448. The maximum absolute atomic E-state index is 5.65. The average Bonchev–Trinajstić information content (AvgIpc) is 3.13. The lowest BCUT2D eigenvalue weighted by Gasteiger charge is -2.06. The minimum absolute atomic E-state index is 0.771. The number of hydrogen-bond acceptors (Lipinski definition) is 4. The first-order valence-electron chi connectivity index (χ1n) is 23.1. The van der Waals surface area contributed by atoms with E-state index in [1.165, 1.54) is 218 Å². The van der Waals surface area contributed by atoms with Crippen LogP contribution in [0.25, 0.3) is 0 Å². The summed E-state index contributed by atoms with van der Waals surface area (Å²) in [5, 5.41) is 0. The van der Waals surface area contributed by atoms with Crippen molar-refractivity contribution in [2.45, 2.75) is 246 Å². The molecular formula is C46H96O4. The fraction of sp³-hybridized carbons (Fsp3) is 1.00. The second-order valence-electron chi connectivity index (χ2n) is 15.1. The molecule has 0 amide bonds. The summed E-state index contributed by atoms with van der Waals surface area (Å²) in [6, 6.07) is 0. The van der Waals surface area contributed by atoms with Crippen LogP contribution in [-0.4, -0.2) is 52.9 Å². The molecule has 0 atom stereocenters. The van der Waals surface area contributed by atoms with Gasteiger partial charge in [-0.3, -0.25) is 0 Å². The monoisotopic (exact) mass is 713 g/mol. The normalized spacial score (nSPS) is 11.3. The summed E-state index contributed by atoms with van der Waals surface area (Å²) >= 11 is 0. The van der Waals surface area contributed by atoms with Gasteiger partial charge in [0.05, 0.1) is 26.4 Å². The smallest absolute Gasteiger partial charge is 0.0700 e. The van der Waals surface area contributed by atoms with Crippen molar-refractivity contribution in [3.05, 3.63) is 0 Å². The van der Waals surface area contributed by atoms with Crippen LogP contribution in [-0.2, 0) is 18.9 Å². The van der Waals surface area contributed by atoms with Crippen molar-refractivity contribution >= 4 is 0 Å². The molecule has 50 heavy (non-hydrogen) atoms. The highest BCUT2D eigenvalue weighted by Gasteiger charge is 1.97. The number of hydrogen-bond donors (Lipinski definition) is 0. The van der Waals surface area contributed by atoms with E-state index in [1.54, 1.807) is 0 Å². The second kappa shape index (κ2) is 53.2. The van der Waals surface area contributed by atoms with E-state index >= 15 is 0 Å². The molecule has 0 spiro atoms. The van der Waals surface area contributed by atoms with Gasteiger partial charge in [-0.15, -0.1) is 0 Å². The van der Waals surface area contributed by atoms with E-state index in [9.17, 15) is 0 Å². The highest BCUT2D eigenvalue weighted by Crippen LogP contribution is 2.12. The van der Waals surface area contributed by atoms with Crippen LogP contribution in [0, 0.1) is 0 Å². The SMILES string of the molecule is CCCCCCCCCCCCOCCOCCCCCCCCC.CCCCCCCCCCCCOCCOCCCCCCCCC. The number of ether oxygens (including phenoxy) is 4. The zero-order chi connectivity index (χ0) is 36.5. The first kappa shape index (κ1) is 51.9. The van der Waals surface area contributed by atoms with Crippen LogP contribution in [0.4, 0.5) is 0 Å². The van der Waals surface area contributed by atoms with Gasteiger partial charge in [-0.1, -0.05) is 220 Å². The van der Waals surface area contributed by atoms with Crippen molar-refractivity contribution in [2.75, 3.05) is 52.9 Å². The Bertz CT molecular complexity index is 438. The molecule has 0 heterocycles. The minimum Gasteiger partial charge on any atom is -0.379 e. The molecule has 0 bridgehead atoms. The molecule has 0 aliphatic rings. The summed E-state index contributed by atoms with van der Waals surface area (Å²) in [5.41, 5.74) is 0. The lowest BCUT2D eigenvalue weighted by Crippen LogP contribution is -2.06. The topological polar surface area (TPSA) is 36.9 Å². The fourth-order valence-corrected chi connectivity index (χ4v) is 6.35. The third kappa shape index (κ3) is 54.6. The van der Waals surface area contributed by atoms with Crippen LogP contribution >= 0.6 is 0 Å². The van der Waals surface area contributed by atoms with Gasteiger partial charge in [0.1, 0.15) is 0 Å². The van der Waals surface area contributed by atoms with E-state index in [1.807, 2.05) is 0 Å². The molecule has 0 unspecified atom stereocenters. The van der Waals surface area contributed by atoms with Crippen molar-refractivity contribution in [1.82, 2.24) is 0 Å². The predicted octanol–water partition coefficient (Wildman–Crippen LogP) is 15.4. The number of rotatable bonds is 44. The quantitative estimate of drug-likeness (QED) is 0.0589. The predicted molar refractivity (Wildman–Crippen MR) is 223 cm³/mol. The van der Waals surface area contributed by atoms with Gasteiger partial charge < -0.3 is 18.9 Å². The molecule has 4 nitrogen and oxygen atoms in total. The second-order valence-corrected chi connectivity index (χ2v) is 15.1. The Morgan fingerprint density at radius 1 is 0.160 bits per heavy atom. The molecule has 0 aliphatic heterocycles. The molecule has 0 aromatic heterocycles. The third-order valence-electron chi connectivity index (χ3n) is 9.81. The average molecular weight is 713 g/mol. The molecule has 0 aliphatic carbocycles. The Morgan fingerprint density at radius 2 is 0.300 bits per heavy atom. The van der Waals surface area contributed by atoms with Gasteiger partial charge >= 0.3 is 0 Å². The van der Waals surface area contributed by atoms with Gasteiger partial charge in [0.15, 0.2) is 0 Å². The summed E-state index contributed by atoms with van der Waals surface area (Å²) in [6.07, 6.45) is 46.6. The molecule has 0 saturated heterocycles. The Balaban J connectivity index is 0. The molecule has 304 valence electrons. The molecule has 0 radical (unpaired) electrons. The zero-order valence-corrected chi connectivity index (χ0v) is 35.3. The molecule has 0 saturated carbocycles. The molecule has 4 heteroatoms. The summed E-state index contributed by atoms with van der Waals surface area (Å²) in [7, 11) is 0. The lowest BCUT2D eigenvalue weighted by atomic mass is 10.1. The third-order valence-corrected chi connectivity index (χ3v) is 9.81. The molecule has 0 N–H and O–H groups in total. The van der Waals surface area contributed by atoms with E-state index in [2.05, 4.69) is 27.7 Å². The highest BCUT2D eigenvalue weighted by molar-refractivity contribution is 4.50. The summed E-state index contributed by atoms with van der Waals surface area (Å²) < 4.78 is 22.6. The van der Waals surface area contributed by atoms with Crippen molar-refractivity contribution in [3.8, 4) is 0 Å². The zero-order valence-electron chi connectivity index (χ0n) is 35.3. The maximum atomic E-state index is 5.65. The van der Waals surface area contributed by atoms with Gasteiger partial charge in [0.25, 0.3) is 0 Å². The van der Waals surface area contributed by atoms with E-state index in [-0.39, 0.29) is 0 Å². The Labute approximate surface area is 317 Å². The van der Waals surface area contributed by atoms with Crippen molar-refractivity contribution in [3.63, 3.8) is 0 Å². The van der Waals surface area contributed by atoms with Crippen molar-refractivity contribution in [1.29, 1.82) is 0 Å². The summed E-state index contributed by atoms with van der Waals surface area (Å²) in [5.74, 6) is 0. The first-order chi connectivity index (χ1) is 24.8. The van der Waals surface area contributed by atoms with E-state index in [4.69, 9.17) is 18.9 Å². The first-order valence-corrected chi connectivity index (χ1v) is 23.1. The molecule has 0 aromatic rings. The van der Waals surface area contributed by atoms with Crippen LogP contribution in [0.5, 0.6) is 0 Å². The van der Waals surface area contributed by atoms with Crippen LogP contribution in [0.1, 0.15) is 246 Å². The number of unbranched alkanes of at least 4 members (excludes halogenated alkanes) is 30. The Hall–Kier alpha value is -0.160. The molecular weight excluding hydrogens is 617 g/mol. The molecule has 0 rings (SSSR count). The van der Waals surface area contributed by atoms with Crippen LogP contribution in [0.3, 0.4) is 0 Å². The standard InChI is InChI=1S/2C23H48O2/c2*1-3-5-7-9-11-12-13-15-17-19-21-25-23-22-24-20-18-16-14-10-8-6-4-2/h2*3-23H2,1-2H3. The molecule has 0 aromatic carbocycles. The summed E-state index contributed by atoms with van der Waals surface area (Å²) in [4.78, 5) is 0. The van der Waals surface area contributed by atoms with Crippen LogP contribution in [0.15, 0.2) is 0 Å². The maximum Gasteiger partial charge on any atom is 0.0700 e. The Kier molecular flexibility index (Phi) is 55.3. The van der Waals surface area contributed by atoms with Gasteiger partial charge in [-0.05, 0) is 25.7 Å².